The molecule has 0 saturated heterocycles. The Bertz CT molecular complexity index is 1340. The van der Waals surface area contributed by atoms with E-state index in [1.807, 2.05) is 60.0 Å². The van der Waals surface area contributed by atoms with Crippen LogP contribution in [-0.2, 0) is 19.5 Å². The van der Waals surface area contributed by atoms with E-state index in [-0.39, 0.29) is 5.56 Å². The summed E-state index contributed by atoms with van der Waals surface area (Å²) in [5.41, 5.74) is 4.93. The molecule has 0 atom stereocenters. The number of benzene rings is 3. The minimum atomic E-state index is 0.0271. The van der Waals surface area contributed by atoms with Crippen LogP contribution in [0.5, 0.6) is 5.75 Å². The molecule has 0 radical (unpaired) electrons. The molecule has 0 bridgehead atoms. The predicted molar refractivity (Wildman–Crippen MR) is 139 cm³/mol. The summed E-state index contributed by atoms with van der Waals surface area (Å²) in [6.45, 7) is 3.95. The zero-order valence-corrected chi connectivity index (χ0v) is 20.2. The van der Waals surface area contributed by atoms with Gasteiger partial charge in [0.1, 0.15) is 5.75 Å². The molecule has 0 fully saturated rings. The Balaban J connectivity index is 1.51. The van der Waals surface area contributed by atoms with Gasteiger partial charge in [-0.1, -0.05) is 60.7 Å². The number of hydrogen-bond donors (Lipinski definition) is 0. The summed E-state index contributed by atoms with van der Waals surface area (Å²) in [6, 6.07) is 28.5. The van der Waals surface area contributed by atoms with Gasteiger partial charge in [-0.2, -0.15) is 0 Å². The molecule has 2 heterocycles. The van der Waals surface area contributed by atoms with Crippen molar-refractivity contribution in [1.82, 2.24) is 14.5 Å². The Morgan fingerprint density at radius 3 is 2.17 bits per heavy atom. The topological polar surface area (TPSA) is 50.6 Å². The lowest BCUT2D eigenvalue weighted by Crippen LogP contribution is -2.48. The van der Waals surface area contributed by atoms with Crippen LogP contribution in [0.2, 0.25) is 0 Å². The number of fused-ring (bicyclic) bond motifs is 1. The van der Waals surface area contributed by atoms with Gasteiger partial charge >= 0.3 is 0 Å². The molecular weight excluding hydrogens is 436 g/mol. The van der Waals surface area contributed by atoms with Crippen molar-refractivity contribution < 1.29 is 4.74 Å². The second kappa shape index (κ2) is 10.2. The fourth-order valence-corrected chi connectivity index (χ4v) is 4.56. The largest absolute Gasteiger partial charge is 0.497 e. The van der Waals surface area contributed by atoms with Crippen molar-refractivity contribution in [2.24, 2.45) is 0 Å². The standard InChI is InChI=1S/C29H30N4O2/c1-22-27(19-24-11-7-4-8-12-24)28(34)33-21-31(18-17-23-9-5-3-6-10-23)20-32(29(33)30-22)25-13-15-26(35-2)16-14-25/h3-16H,17-21H2,1-2H3. The highest BCUT2D eigenvalue weighted by atomic mass is 16.5. The van der Waals surface area contributed by atoms with Gasteiger partial charge in [0.2, 0.25) is 5.95 Å². The Morgan fingerprint density at radius 2 is 1.51 bits per heavy atom. The molecule has 5 rings (SSSR count). The van der Waals surface area contributed by atoms with Crippen molar-refractivity contribution in [1.29, 1.82) is 0 Å². The van der Waals surface area contributed by atoms with E-state index in [0.717, 1.165) is 41.2 Å². The number of nitrogens with zero attached hydrogens (tertiary/aromatic N) is 4. The quantitative estimate of drug-likeness (QED) is 0.393. The number of hydrogen-bond acceptors (Lipinski definition) is 5. The number of ether oxygens (including phenoxy) is 1. The third kappa shape index (κ3) is 4.98. The lowest BCUT2D eigenvalue weighted by atomic mass is 10.1. The first-order chi connectivity index (χ1) is 17.1. The summed E-state index contributed by atoms with van der Waals surface area (Å²) >= 11 is 0. The highest BCUT2D eigenvalue weighted by Gasteiger charge is 2.28. The summed E-state index contributed by atoms with van der Waals surface area (Å²) < 4.78 is 7.17. The van der Waals surface area contributed by atoms with E-state index in [1.165, 1.54) is 5.56 Å². The van der Waals surface area contributed by atoms with Crippen molar-refractivity contribution in [2.45, 2.75) is 26.4 Å². The summed E-state index contributed by atoms with van der Waals surface area (Å²) in [7, 11) is 1.66. The zero-order valence-electron chi connectivity index (χ0n) is 20.2. The molecule has 0 unspecified atom stereocenters. The number of aryl methyl sites for hydroxylation is 1. The summed E-state index contributed by atoms with van der Waals surface area (Å²) in [5, 5.41) is 0. The second-order valence-corrected chi connectivity index (χ2v) is 8.91. The van der Waals surface area contributed by atoms with E-state index in [0.29, 0.717) is 25.7 Å². The molecule has 0 aliphatic carbocycles. The van der Waals surface area contributed by atoms with Crippen LogP contribution in [0.3, 0.4) is 0 Å². The lowest BCUT2D eigenvalue weighted by Gasteiger charge is -2.38. The molecule has 3 aromatic carbocycles. The van der Waals surface area contributed by atoms with Gasteiger partial charge in [0.05, 0.1) is 26.1 Å². The summed E-state index contributed by atoms with van der Waals surface area (Å²) in [4.78, 5) is 23.2. The van der Waals surface area contributed by atoms with Crippen LogP contribution < -0.4 is 15.2 Å². The van der Waals surface area contributed by atoms with Crippen molar-refractivity contribution in [3.8, 4) is 5.75 Å². The molecule has 0 amide bonds. The van der Waals surface area contributed by atoms with E-state index < -0.39 is 0 Å². The van der Waals surface area contributed by atoms with Crippen molar-refractivity contribution in [3.05, 3.63) is 118 Å². The Hall–Kier alpha value is -3.90. The summed E-state index contributed by atoms with van der Waals surface area (Å²) in [5.74, 6) is 1.48. The molecular formula is C29H30N4O2. The van der Waals surface area contributed by atoms with Crippen LogP contribution in [-0.4, -0.2) is 34.8 Å². The van der Waals surface area contributed by atoms with Crippen LogP contribution in [0.25, 0.3) is 0 Å². The first kappa shape index (κ1) is 22.9. The van der Waals surface area contributed by atoms with E-state index in [9.17, 15) is 4.79 Å². The molecule has 35 heavy (non-hydrogen) atoms. The number of rotatable bonds is 7. The Labute approximate surface area is 206 Å². The van der Waals surface area contributed by atoms with Gasteiger partial charge in [0, 0.05) is 24.2 Å². The predicted octanol–water partition coefficient (Wildman–Crippen LogP) is 4.76. The first-order valence-electron chi connectivity index (χ1n) is 11.9. The van der Waals surface area contributed by atoms with Gasteiger partial charge in [0.25, 0.3) is 5.56 Å². The van der Waals surface area contributed by atoms with Crippen molar-refractivity contribution in [3.63, 3.8) is 0 Å². The van der Waals surface area contributed by atoms with Crippen LogP contribution in [0, 0.1) is 6.92 Å². The van der Waals surface area contributed by atoms with Crippen LogP contribution in [0.4, 0.5) is 11.6 Å². The van der Waals surface area contributed by atoms with E-state index in [4.69, 9.17) is 9.72 Å². The third-order valence-corrected chi connectivity index (χ3v) is 6.54. The maximum absolute atomic E-state index is 13.8. The number of aromatic nitrogens is 2. The molecule has 6 nitrogen and oxygen atoms in total. The van der Waals surface area contributed by atoms with Crippen molar-refractivity contribution in [2.75, 3.05) is 25.2 Å². The fourth-order valence-electron chi connectivity index (χ4n) is 4.56. The van der Waals surface area contributed by atoms with Gasteiger partial charge < -0.3 is 4.74 Å². The highest BCUT2D eigenvalue weighted by molar-refractivity contribution is 5.59. The van der Waals surface area contributed by atoms with Gasteiger partial charge in [0.15, 0.2) is 0 Å². The summed E-state index contributed by atoms with van der Waals surface area (Å²) in [6.07, 6.45) is 1.49. The van der Waals surface area contributed by atoms with Crippen molar-refractivity contribution >= 4 is 11.6 Å². The molecule has 6 heteroatoms. The normalized spacial score (nSPS) is 13.5. The second-order valence-electron chi connectivity index (χ2n) is 8.91. The van der Waals surface area contributed by atoms with Gasteiger partial charge in [-0.25, -0.2) is 4.98 Å². The van der Waals surface area contributed by atoms with Crippen LogP contribution in [0.1, 0.15) is 22.4 Å². The smallest absolute Gasteiger partial charge is 0.259 e. The highest BCUT2D eigenvalue weighted by Crippen LogP contribution is 2.29. The van der Waals surface area contributed by atoms with Gasteiger partial charge in [-0.15, -0.1) is 0 Å². The molecule has 4 aromatic rings. The van der Waals surface area contributed by atoms with E-state index in [1.54, 1.807) is 7.11 Å². The monoisotopic (exact) mass is 466 g/mol. The zero-order chi connectivity index (χ0) is 24.2. The Morgan fingerprint density at radius 1 is 0.857 bits per heavy atom. The molecule has 0 spiro atoms. The Kier molecular flexibility index (Phi) is 6.64. The third-order valence-electron chi connectivity index (χ3n) is 6.54. The maximum atomic E-state index is 13.8. The minimum absolute atomic E-state index is 0.0271. The molecule has 178 valence electrons. The molecule has 1 aliphatic rings. The SMILES string of the molecule is COc1ccc(N2CN(CCc3ccccc3)Cn3c2nc(C)c(Cc2ccccc2)c3=O)cc1. The lowest BCUT2D eigenvalue weighted by molar-refractivity contribution is 0.200. The average Bonchev–Trinajstić information content (AvgIpc) is 2.91. The van der Waals surface area contributed by atoms with Gasteiger partial charge in [-0.05, 0) is 48.7 Å². The average molecular weight is 467 g/mol. The minimum Gasteiger partial charge on any atom is -0.497 e. The van der Waals surface area contributed by atoms with E-state index in [2.05, 4.69) is 46.2 Å². The molecule has 0 saturated carbocycles. The number of anilines is 2. The fraction of sp³-hybridized carbons (Fsp3) is 0.241. The number of methoxy groups -OCH3 is 1. The maximum Gasteiger partial charge on any atom is 0.259 e. The van der Waals surface area contributed by atoms with E-state index >= 15 is 0 Å². The molecule has 0 N–H and O–H groups in total. The first-order valence-corrected chi connectivity index (χ1v) is 11.9. The van der Waals surface area contributed by atoms with Crippen LogP contribution in [0.15, 0.2) is 89.7 Å². The van der Waals surface area contributed by atoms with Gasteiger partial charge in [-0.3, -0.25) is 19.2 Å². The van der Waals surface area contributed by atoms with Crippen LogP contribution >= 0.6 is 0 Å². The molecule has 1 aliphatic heterocycles. The molecule has 1 aromatic heterocycles.